The largest absolute Gasteiger partial charge is 0.339 e. The Bertz CT molecular complexity index is 522. The van der Waals surface area contributed by atoms with E-state index in [1.165, 1.54) is 0 Å². The number of para-hydroxylation sites is 1. The van der Waals surface area contributed by atoms with E-state index in [4.69, 9.17) is 4.52 Å². The first-order valence-electron chi connectivity index (χ1n) is 5.83. The van der Waals surface area contributed by atoms with Crippen LogP contribution in [0.4, 0.5) is 5.69 Å². The molecule has 5 heteroatoms. The molecule has 0 radical (unpaired) electrons. The molecule has 0 aliphatic heterocycles. The quantitative estimate of drug-likeness (QED) is 0.824. The van der Waals surface area contributed by atoms with Crippen LogP contribution >= 0.6 is 0 Å². The topological polar surface area (TPSA) is 59.2 Å². The molecule has 1 heterocycles. The van der Waals surface area contributed by atoms with Gasteiger partial charge in [0.25, 0.3) is 0 Å². The van der Waals surface area contributed by atoms with Gasteiger partial charge in [0.1, 0.15) is 6.42 Å². The van der Waals surface area contributed by atoms with Crippen molar-refractivity contribution in [2.24, 2.45) is 0 Å². The number of hydrogen-bond donors (Lipinski definition) is 0. The number of benzene rings is 1. The Labute approximate surface area is 105 Å². The van der Waals surface area contributed by atoms with Gasteiger partial charge >= 0.3 is 0 Å². The summed E-state index contributed by atoms with van der Waals surface area (Å²) in [4.78, 5) is 17.7. The Morgan fingerprint density at radius 1 is 1.33 bits per heavy atom. The average molecular weight is 245 g/mol. The van der Waals surface area contributed by atoms with Crippen molar-refractivity contribution in [1.29, 1.82) is 0 Å². The first-order chi connectivity index (χ1) is 8.70. The SMILES string of the molecule is CCc1noc(CC(=O)N(C)c2ccccc2)n1. The molecule has 0 aliphatic rings. The van der Waals surface area contributed by atoms with Gasteiger partial charge in [-0.1, -0.05) is 30.3 Å². The summed E-state index contributed by atoms with van der Waals surface area (Å²) in [6.07, 6.45) is 0.824. The zero-order chi connectivity index (χ0) is 13.0. The van der Waals surface area contributed by atoms with Crippen LogP contribution in [0.15, 0.2) is 34.9 Å². The third kappa shape index (κ3) is 2.74. The fourth-order valence-corrected chi connectivity index (χ4v) is 1.55. The molecule has 0 unspecified atom stereocenters. The second-order valence-corrected chi connectivity index (χ2v) is 3.92. The summed E-state index contributed by atoms with van der Waals surface area (Å²) in [5.74, 6) is 0.910. The molecule has 5 nitrogen and oxygen atoms in total. The van der Waals surface area contributed by atoms with Gasteiger partial charge in [-0.15, -0.1) is 0 Å². The summed E-state index contributed by atoms with van der Waals surface area (Å²) in [7, 11) is 1.73. The van der Waals surface area contributed by atoms with Crippen molar-refractivity contribution in [3.05, 3.63) is 42.0 Å². The minimum Gasteiger partial charge on any atom is -0.339 e. The van der Waals surface area contributed by atoms with E-state index in [2.05, 4.69) is 10.1 Å². The van der Waals surface area contributed by atoms with Crippen LogP contribution in [0.3, 0.4) is 0 Å². The molecule has 0 aliphatic carbocycles. The van der Waals surface area contributed by atoms with E-state index >= 15 is 0 Å². The molecule has 2 aromatic rings. The summed E-state index contributed by atoms with van der Waals surface area (Å²) in [6, 6.07) is 9.45. The Kier molecular flexibility index (Phi) is 3.72. The van der Waals surface area contributed by atoms with Gasteiger partial charge in [0.15, 0.2) is 5.82 Å². The number of aryl methyl sites for hydroxylation is 1. The Morgan fingerprint density at radius 2 is 2.06 bits per heavy atom. The predicted molar refractivity (Wildman–Crippen MR) is 67.2 cm³/mol. The summed E-state index contributed by atoms with van der Waals surface area (Å²) >= 11 is 0. The number of hydrogen-bond acceptors (Lipinski definition) is 4. The third-order valence-electron chi connectivity index (χ3n) is 2.65. The lowest BCUT2D eigenvalue weighted by atomic mass is 10.3. The van der Waals surface area contributed by atoms with Crippen molar-refractivity contribution < 1.29 is 9.32 Å². The van der Waals surface area contributed by atoms with Crippen molar-refractivity contribution in [2.75, 3.05) is 11.9 Å². The van der Waals surface area contributed by atoms with Gasteiger partial charge in [-0.3, -0.25) is 4.79 Å². The van der Waals surface area contributed by atoms with Crippen LogP contribution in [-0.4, -0.2) is 23.1 Å². The minimum absolute atomic E-state index is 0.0764. The molecular formula is C13H15N3O2. The molecule has 0 N–H and O–H groups in total. The second kappa shape index (κ2) is 5.44. The highest BCUT2D eigenvalue weighted by molar-refractivity contribution is 5.93. The fraction of sp³-hybridized carbons (Fsp3) is 0.308. The van der Waals surface area contributed by atoms with Crippen LogP contribution in [0.5, 0.6) is 0 Å². The number of anilines is 1. The van der Waals surface area contributed by atoms with Crippen molar-refractivity contribution in [3.63, 3.8) is 0 Å². The number of carbonyl (C=O) groups excluding carboxylic acids is 1. The summed E-state index contributed by atoms with van der Waals surface area (Å²) in [6.45, 7) is 1.94. The molecule has 18 heavy (non-hydrogen) atoms. The maximum Gasteiger partial charge on any atom is 0.236 e. The third-order valence-corrected chi connectivity index (χ3v) is 2.65. The van der Waals surface area contributed by atoms with Crippen LogP contribution in [0.25, 0.3) is 0 Å². The first kappa shape index (κ1) is 12.3. The van der Waals surface area contributed by atoms with E-state index in [1.54, 1.807) is 11.9 Å². The Morgan fingerprint density at radius 3 is 2.67 bits per heavy atom. The van der Waals surface area contributed by atoms with Crippen molar-refractivity contribution in [1.82, 2.24) is 10.1 Å². The number of aromatic nitrogens is 2. The van der Waals surface area contributed by atoms with Gasteiger partial charge in [-0.25, -0.2) is 0 Å². The van der Waals surface area contributed by atoms with Crippen LogP contribution in [0.2, 0.25) is 0 Å². The number of amides is 1. The molecule has 0 saturated heterocycles. The number of rotatable bonds is 4. The maximum atomic E-state index is 12.0. The highest BCUT2D eigenvalue weighted by Crippen LogP contribution is 2.12. The van der Waals surface area contributed by atoms with Gasteiger partial charge in [-0.05, 0) is 12.1 Å². The smallest absolute Gasteiger partial charge is 0.236 e. The zero-order valence-corrected chi connectivity index (χ0v) is 10.5. The number of likely N-dealkylation sites (N-methyl/N-ethyl adjacent to an activating group) is 1. The molecule has 0 bridgehead atoms. The monoisotopic (exact) mass is 245 g/mol. The molecule has 0 spiro atoms. The molecule has 94 valence electrons. The zero-order valence-electron chi connectivity index (χ0n) is 10.5. The second-order valence-electron chi connectivity index (χ2n) is 3.92. The van der Waals surface area contributed by atoms with Gasteiger partial charge in [0.2, 0.25) is 11.8 Å². The van der Waals surface area contributed by atoms with E-state index in [0.717, 1.165) is 5.69 Å². The molecule has 0 atom stereocenters. The molecule has 1 amide bonds. The van der Waals surface area contributed by atoms with Gasteiger partial charge in [0.05, 0.1) is 0 Å². The average Bonchev–Trinajstić information content (AvgIpc) is 2.86. The van der Waals surface area contributed by atoms with Crippen molar-refractivity contribution in [2.45, 2.75) is 19.8 Å². The lowest BCUT2D eigenvalue weighted by molar-refractivity contribution is -0.118. The summed E-state index contributed by atoms with van der Waals surface area (Å²) in [5.41, 5.74) is 0.845. The minimum atomic E-state index is -0.0764. The van der Waals surface area contributed by atoms with E-state index in [-0.39, 0.29) is 12.3 Å². The van der Waals surface area contributed by atoms with E-state index in [0.29, 0.717) is 18.1 Å². The Balaban J connectivity index is 2.04. The van der Waals surface area contributed by atoms with Crippen molar-refractivity contribution in [3.8, 4) is 0 Å². The maximum absolute atomic E-state index is 12.0. The normalized spacial score (nSPS) is 10.3. The van der Waals surface area contributed by atoms with Crippen LogP contribution in [0.1, 0.15) is 18.6 Å². The lowest BCUT2D eigenvalue weighted by Gasteiger charge is -2.15. The summed E-state index contributed by atoms with van der Waals surface area (Å²) < 4.78 is 5.00. The molecule has 2 rings (SSSR count). The number of nitrogens with zero attached hydrogens (tertiary/aromatic N) is 3. The highest BCUT2D eigenvalue weighted by atomic mass is 16.5. The van der Waals surface area contributed by atoms with Gasteiger partial charge < -0.3 is 9.42 Å². The van der Waals surface area contributed by atoms with E-state index in [9.17, 15) is 4.79 Å². The summed E-state index contributed by atoms with van der Waals surface area (Å²) in [5, 5.41) is 3.76. The molecule has 0 fully saturated rings. The molecule has 1 aromatic carbocycles. The number of carbonyl (C=O) groups is 1. The fourth-order valence-electron chi connectivity index (χ4n) is 1.55. The lowest BCUT2D eigenvalue weighted by Crippen LogP contribution is -2.27. The van der Waals surface area contributed by atoms with Crippen LogP contribution in [-0.2, 0) is 17.6 Å². The van der Waals surface area contributed by atoms with Gasteiger partial charge in [-0.2, -0.15) is 4.98 Å². The van der Waals surface area contributed by atoms with E-state index in [1.807, 2.05) is 37.3 Å². The predicted octanol–water partition coefficient (Wildman–Crippen LogP) is 1.84. The molecule has 0 saturated carbocycles. The van der Waals surface area contributed by atoms with Crippen molar-refractivity contribution >= 4 is 11.6 Å². The molecule has 1 aromatic heterocycles. The molecular weight excluding hydrogens is 230 g/mol. The standard InChI is InChI=1S/C13H15N3O2/c1-3-11-14-12(18-15-11)9-13(17)16(2)10-7-5-4-6-8-10/h4-8H,3,9H2,1-2H3. The van der Waals surface area contributed by atoms with Crippen LogP contribution < -0.4 is 4.90 Å². The van der Waals surface area contributed by atoms with Crippen LogP contribution in [0, 0.1) is 0 Å². The van der Waals surface area contributed by atoms with E-state index < -0.39 is 0 Å². The highest BCUT2D eigenvalue weighted by Gasteiger charge is 2.15. The Hall–Kier alpha value is -2.17. The van der Waals surface area contributed by atoms with Gasteiger partial charge in [0, 0.05) is 19.2 Å². The first-order valence-corrected chi connectivity index (χ1v) is 5.83.